The van der Waals surface area contributed by atoms with Crippen molar-refractivity contribution in [3.63, 3.8) is 0 Å². The predicted molar refractivity (Wildman–Crippen MR) is 86.0 cm³/mol. The van der Waals surface area contributed by atoms with Gasteiger partial charge in [0.05, 0.1) is 16.9 Å². The van der Waals surface area contributed by atoms with E-state index in [1.807, 2.05) is 18.2 Å². The maximum atomic E-state index is 12.1. The quantitative estimate of drug-likeness (QED) is 0.840. The molecule has 1 amide bonds. The molecule has 1 fully saturated rings. The van der Waals surface area contributed by atoms with Crippen LogP contribution in [0.5, 0.6) is 0 Å². The summed E-state index contributed by atoms with van der Waals surface area (Å²) in [4.78, 5) is 16.4. The molecule has 0 radical (unpaired) electrons. The molecule has 0 aliphatic heterocycles. The highest BCUT2D eigenvalue weighted by Crippen LogP contribution is 2.29. The Labute approximate surface area is 124 Å². The van der Waals surface area contributed by atoms with E-state index in [1.165, 1.54) is 25.7 Å². The van der Waals surface area contributed by atoms with Crippen molar-refractivity contribution >= 4 is 28.2 Å². The van der Waals surface area contributed by atoms with Crippen molar-refractivity contribution in [1.29, 1.82) is 0 Å². The molecule has 1 aromatic heterocycles. The highest BCUT2D eigenvalue weighted by Gasteiger charge is 2.16. The van der Waals surface area contributed by atoms with Crippen LogP contribution < -0.4 is 11.1 Å². The number of amides is 1. The van der Waals surface area contributed by atoms with Crippen LogP contribution in [0.25, 0.3) is 10.9 Å². The third-order valence-corrected chi connectivity index (χ3v) is 4.33. The van der Waals surface area contributed by atoms with Crippen molar-refractivity contribution in [3.05, 3.63) is 30.5 Å². The summed E-state index contributed by atoms with van der Waals surface area (Å²) >= 11 is 0. The molecule has 4 heteroatoms. The number of nitrogens with zero attached hydrogens (tertiary/aromatic N) is 1. The van der Waals surface area contributed by atoms with E-state index in [-0.39, 0.29) is 5.91 Å². The van der Waals surface area contributed by atoms with E-state index in [2.05, 4.69) is 10.3 Å². The number of rotatable bonds is 4. The van der Waals surface area contributed by atoms with Gasteiger partial charge in [-0.05, 0) is 36.6 Å². The number of carbonyl (C=O) groups excluding carboxylic acids is 1. The number of nitrogens with one attached hydrogen (secondary N) is 1. The van der Waals surface area contributed by atoms with E-state index >= 15 is 0 Å². The van der Waals surface area contributed by atoms with Gasteiger partial charge in [-0.2, -0.15) is 0 Å². The zero-order valence-electron chi connectivity index (χ0n) is 12.1. The topological polar surface area (TPSA) is 68.0 Å². The summed E-state index contributed by atoms with van der Waals surface area (Å²) < 4.78 is 0. The molecule has 0 bridgehead atoms. The van der Waals surface area contributed by atoms with Crippen molar-refractivity contribution in [3.8, 4) is 0 Å². The first-order valence-corrected chi connectivity index (χ1v) is 7.67. The summed E-state index contributed by atoms with van der Waals surface area (Å²) in [6.07, 6.45) is 8.50. The summed E-state index contributed by atoms with van der Waals surface area (Å²) in [5, 5.41) is 3.90. The van der Waals surface area contributed by atoms with Crippen LogP contribution >= 0.6 is 0 Å². The van der Waals surface area contributed by atoms with Crippen molar-refractivity contribution < 1.29 is 4.79 Å². The Morgan fingerprint density at radius 3 is 2.90 bits per heavy atom. The van der Waals surface area contributed by atoms with Crippen LogP contribution in [0.4, 0.5) is 11.4 Å². The molecule has 1 aliphatic carbocycles. The monoisotopic (exact) mass is 283 g/mol. The minimum atomic E-state index is 0.0804. The van der Waals surface area contributed by atoms with E-state index in [1.54, 1.807) is 12.3 Å². The first-order chi connectivity index (χ1) is 10.2. The minimum absolute atomic E-state index is 0.0804. The number of hydrogen-bond acceptors (Lipinski definition) is 3. The Balaban J connectivity index is 1.69. The third kappa shape index (κ3) is 3.15. The lowest BCUT2D eigenvalue weighted by Crippen LogP contribution is -2.13. The van der Waals surface area contributed by atoms with Gasteiger partial charge in [0.1, 0.15) is 0 Å². The SMILES string of the molecule is Nc1ccc(NC(=O)CCC2CCCC2)c2cccnc12. The lowest BCUT2D eigenvalue weighted by molar-refractivity contribution is -0.116. The number of hydrogen-bond donors (Lipinski definition) is 2. The highest BCUT2D eigenvalue weighted by molar-refractivity contribution is 6.04. The molecule has 0 atom stereocenters. The number of aromatic nitrogens is 1. The normalized spacial score (nSPS) is 15.4. The molecule has 1 saturated carbocycles. The van der Waals surface area contributed by atoms with E-state index in [0.717, 1.165) is 28.9 Å². The molecule has 0 spiro atoms. The number of pyridine rings is 1. The lowest BCUT2D eigenvalue weighted by atomic mass is 10.0. The fourth-order valence-corrected chi connectivity index (χ4v) is 3.15. The van der Waals surface area contributed by atoms with Crippen LogP contribution in [0, 0.1) is 5.92 Å². The second-order valence-electron chi connectivity index (χ2n) is 5.84. The summed E-state index contributed by atoms with van der Waals surface area (Å²) in [5.41, 5.74) is 8.09. The second-order valence-corrected chi connectivity index (χ2v) is 5.84. The van der Waals surface area contributed by atoms with Crippen LogP contribution in [0.15, 0.2) is 30.5 Å². The smallest absolute Gasteiger partial charge is 0.224 e. The predicted octanol–water partition coefficient (Wildman–Crippen LogP) is 3.73. The van der Waals surface area contributed by atoms with Gasteiger partial charge < -0.3 is 11.1 Å². The summed E-state index contributed by atoms with van der Waals surface area (Å²) in [7, 11) is 0. The minimum Gasteiger partial charge on any atom is -0.397 e. The zero-order valence-corrected chi connectivity index (χ0v) is 12.1. The highest BCUT2D eigenvalue weighted by atomic mass is 16.1. The van der Waals surface area contributed by atoms with Gasteiger partial charge in [-0.3, -0.25) is 9.78 Å². The Kier molecular flexibility index (Phi) is 4.04. The molecular weight excluding hydrogens is 262 g/mol. The first kappa shape index (κ1) is 13.9. The molecule has 110 valence electrons. The van der Waals surface area contributed by atoms with E-state index in [4.69, 9.17) is 5.73 Å². The number of anilines is 2. The van der Waals surface area contributed by atoms with E-state index in [0.29, 0.717) is 12.1 Å². The van der Waals surface area contributed by atoms with Gasteiger partial charge in [-0.15, -0.1) is 0 Å². The van der Waals surface area contributed by atoms with Gasteiger partial charge in [0.15, 0.2) is 0 Å². The second kappa shape index (κ2) is 6.12. The number of carbonyl (C=O) groups is 1. The molecule has 1 aliphatic rings. The molecule has 0 saturated heterocycles. The average molecular weight is 283 g/mol. The van der Waals surface area contributed by atoms with Gasteiger partial charge in [0, 0.05) is 18.0 Å². The van der Waals surface area contributed by atoms with Crippen LogP contribution in [0.1, 0.15) is 38.5 Å². The van der Waals surface area contributed by atoms with Crippen molar-refractivity contribution in [2.24, 2.45) is 5.92 Å². The van der Waals surface area contributed by atoms with Crippen LogP contribution in [0.2, 0.25) is 0 Å². The Hall–Kier alpha value is -2.10. The number of benzene rings is 1. The van der Waals surface area contributed by atoms with Crippen molar-refractivity contribution in [1.82, 2.24) is 4.98 Å². The Morgan fingerprint density at radius 2 is 2.10 bits per heavy atom. The average Bonchev–Trinajstić information content (AvgIpc) is 3.02. The maximum Gasteiger partial charge on any atom is 0.224 e. The molecule has 1 aromatic carbocycles. The first-order valence-electron chi connectivity index (χ1n) is 7.67. The third-order valence-electron chi connectivity index (χ3n) is 4.33. The van der Waals surface area contributed by atoms with Gasteiger partial charge in [-0.1, -0.05) is 25.7 Å². The lowest BCUT2D eigenvalue weighted by Gasteiger charge is -2.11. The zero-order chi connectivity index (χ0) is 14.7. The van der Waals surface area contributed by atoms with Gasteiger partial charge in [0.2, 0.25) is 5.91 Å². The molecule has 21 heavy (non-hydrogen) atoms. The number of nitrogen functional groups attached to an aromatic ring is 1. The van der Waals surface area contributed by atoms with Crippen LogP contribution in [-0.2, 0) is 4.79 Å². The molecule has 3 rings (SSSR count). The molecule has 2 aromatic rings. The van der Waals surface area contributed by atoms with Crippen LogP contribution in [-0.4, -0.2) is 10.9 Å². The van der Waals surface area contributed by atoms with Crippen LogP contribution in [0.3, 0.4) is 0 Å². The Morgan fingerprint density at radius 1 is 1.29 bits per heavy atom. The van der Waals surface area contributed by atoms with E-state index < -0.39 is 0 Å². The summed E-state index contributed by atoms with van der Waals surface area (Å²) in [6.45, 7) is 0. The van der Waals surface area contributed by atoms with Gasteiger partial charge in [0.25, 0.3) is 0 Å². The molecule has 4 nitrogen and oxygen atoms in total. The fraction of sp³-hybridized carbons (Fsp3) is 0.412. The molecular formula is C17H21N3O. The van der Waals surface area contributed by atoms with Crippen molar-refractivity contribution in [2.45, 2.75) is 38.5 Å². The van der Waals surface area contributed by atoms with Gasteiger partial charge >= 0.3 is 0 Å². The molecule has 0 unspecified atom stereocenters. The summed E-state index contributed by atoms with van der Waals surface area (Å²) in [5.74, 6) is 0.817. The van der Waals surface area contributed by atoms with Crippen molar-refractivity contribution in [2.75, 3.05) is 11.1 Å². The largest absolute Gasteiger partial charge is 0.397 e. The standard InChI is InChI=1S/C17H21N3O/c18-14-8-9-15(13-6-3-11-19-17(13)14)20-16(21)10-7-12-4-1-2-5-12/h3,6,8-9,11-12H,1-2,4-5,7,10,18H2,(H,20,21). The number of nitrogens with two attached hydrogens (primary N) is 1. The maximum absolute atomic E-state index is 12.1. The molecule has 3 N–H and O–H groups in total. The van der Waals surface area contributed by atoms with Gasteiger partial charge in [-0.25, -0.2) is 0 Å². The van der Waals surface area contributed by atoms with E-state index in [9.17, 15) is 4.79 Å². The fourth-order valence-electron chi connectivity index (χ4n) is 3.15. The molecule has 1 heterocycles. The Bertz CT molecular complexity index is 648. The summed E-state index contributed by atoms with van der Waals surface area (Å²) in [6, 6.07) is 7.44. The number of fused-ring (bicyclic) bond motifs is 1.